The standard InChI is InChI=1S/C7H12N2OS/c1-11(9,10)7-5-3-2-4-6(7)8/h2-5,11H,8H2,1H3,(H2,9,10). The van der Waals surface area contributed by atoms with Crippen LogP contribution in [0, 0.1) is 0 Å². The van der Waals surface area contributed by atoms with Crippen molar-refractivity contribution in [3.05, 3.63) is 24.3 Å². The van der Waals surface area contributed by atoms with Gasteiger partial charge in [-0.3, -0.25) is 9.35 Å². The first-order chi connectivity index (χ1) is 5.02. The zero-order valence-electron chi connectivity index (χ0n) is 6.32. The van der Waals surface area contributed by atoms with E-state index >= 15 is 0 Å². The number of thiol groups is 1. The molecule has 4 N–H and O–H groups in total. The van der Waals surface area contributed by atoms with E-state index in [1.54, 1.807) is 24.3 Å². The first kappa shape index (κ1) is 8.23. The zero-order valence-corrected chi connectivity index (χ0v) is 7.21. The Labute approximate surface area is 67.0 Å². The first-order valence-corrected chi connectivity index (χ1v) is 5.45. The quantitative estimate of drug-likeness (QED) is 0.417. The maximum Gasteiger partial charge on any atom is 0.0495 e. The molecule has 1 aromatic carbocycles. The number of hydrogen-bond acceptors (Lipinski definition) is 2. The molecule has 3 nitrogen and oxygen atoms in total. The van der Waals surface area contributed by atoms with E-state index < -0.39 is 10.1 Å². The number of nitrogens with two attached hydrogens (primary N) is 2. The Morgan fingerprint density at radius 2 is 1.91 bits per heavy atom. The number of anilines is 1. The van der Waals surface area contributed by atoms with Gasteiger partial charge in [0, 0.05) is 16.8 Å². The fourth-order valence-corrected chi connectivity index (χ4v) is 1.86. The van der Waals surface area contributed by atoms with Gasteiger partial charge in [0.15, 0.2) is 0 Å². The van der Waals surface area contributed by atoms with E-state index in [4.69, 9.17) is 10.9 Å². The van der Waals surface area contributed by atoms with E-state index in [0.29, 0.717) is 10.6 Å². The molecule has 0 radical (unpaired) electrons. The summed E-state index contributed by atoms with van der Waals surface area (Å²) in [5.74, 6) is 0. The van der Waals surface area contributed by atoms with Crippen molar-refractivity contribution in [3.63, 3.8) is 0 Å². The van der Waals surface area contributed by atoms with E-state index in [2.05, 4.69) is 0 Å². The second kappa shape index (κ2) is 2.64. The van der Waals surface area contributed by atoms with Gasteiger partial charge < -0.3 is 5.73 Å². The zero-order chi connectivity index (χ0) is 8.48. The van der Waals surface area contributed by atoms with Crippen LogP contribution in [0.1, 0.15) is 0 Å². The fourth-order valence-electron chi connectivity index (χ4n) is 0.892. The Kier molecular flexibility index (Phi) is 1.97. The highest BCUT2D eigenvalue weighted by Crippen LogP contribution is 2.17. The first-order valence-electron chi connectivity index (χ1n) is 3.23. The Morgan fingerprint density at radius 3 is 2.27 bits per heavy atom. The minimum atomic E-state index is -2.68. The number of rotatable bonds is 1. The van der Waals surface area contributed by atoms with Gasteiger partial charge in [0.2, 0.25) is 0 Å². The van der Waals surface area contributed by atoms with Gasteiger partial charge in [-0.2, -0.15) is 0 Å². The lowest BCUT2D eigenvalue weighted by Gasteiger charge is -2.14. The Bertz CT molecular complexity index is 305. The molecule has 0 saturated carbocycles. The topological polar surface area (TPSA) is 69.1 Å². The smallest absolute Gasteiger partial charge is 0.0495 e. The molecule has 0 bridgehead atoms. The molecule has 0 aliphatic rings. The molecular formula is C7H12N2OS. The third-order valence-corrected chi connectivity index (χ3v) is 2.78. The van der Waals surface area contributed by atoms with Crippen LogP contribution in [0.3, 0.4) is 0 Å². The van der Waals surface area contributed by atoms with Crippen LogP contribution in [-0.4, -0.2) is 10.5 Å². The van der Waals surface area contributed by atoms with Crippen molar-refractivity contribution in [2.45, 2.75) is 4.90 Å². The molecule has 4 heteroatoms. The summed E-state index contributed by atoms with van der Waals surface area (Å²) in [7, 11) is -2.68. The van der Waals surface area contributed by atoms with Crippen molar-refractivity contribution in [3.8, 4) is 0 Å². The van der Waals surface area contributed by atoms with Gasteiger partial charge in [0.05, 0.1) is 0 Å². The molecule has 0 aliphatic carbocycles. The van der Waals surface area contributed by atoms with E-state index in [0.717, 1.165) is 0 Å². The SMILES string of the molecule is C[SH](N)(=O)c1ccccc1N. The lowest BCUT2D eigenvalue weighted by molar-refractivity contribution is 0.676. The summed E-state index contributed by atoms with van der Waals surface area (Å²) in [6.07, 6.45) is 1.50. The van der Waals surface area contributed by atoms with E-state index in [1.165, 1.54) is 6.26 Å². The van der Waals surface area contributed by atoms with Crippen molar-refractivity contribution >= 4 is 15.8 Å². The second-order valence-electron chi connectivity index (χ2n) is 2.55. The number of nitrogen functional groups attached to an aromatic ring is 1. The van der Waals surface area contributed by atoms with Crippen LogP contribution in [0.15, 0.2) is 29.2 Å². The van der Waals surface area contributed by atoms with Crippen LogP contribution >= 0.6 is 0 Å². The highest BCUT2D eigenvalue weighted by molar-refractivity contribution is 8.00. The van der Waals surface area contributed by atoms with Crippen molar-refractivity contribution in [2.75, 3.05) is 12.0 Å². The minimum absolute atomic E-state index is 0.501. The molecule has 0 spiro atoms. The van der Waals surface area contributed by atoms with Crippen LogP contribution in [0.2, 0.25) is 0 Å². The van der Waals surface area contributed by atoms with E-state index in [-0.39, 0.29) is 0 Å². The van der Waals surface area contributed by atoms with E-state index in [1.807, 2.05) is 0 Å². The van der Waals surface area contributed by atoms with Crippen molar-refractivity contribution < 1.29 is 4.21 Å². The fraction of sp³-hybridized carbons (Fsp3) is 0.143. The molecule has 0 saturated heterocycles. The summed E-state index contributed by atoms with van der Waals surface area (Å²) in [5, 5.41) is 5.43. The van der Waals surface area contributed by atoms with Crippen LogP contribution in [0.25, 0.3) is 0 Å². The number of para-hydroxylation sites is 1. The maximum absolute atomic E-state index is 11.3. The molecule has 0 heterocycles. The third-order valence-electron chi connectivity index (χ3n) is 1.42. The maximum atomic E-state index is 11.3. The normalized spacial score (nSPS) is 12.9. The molecule has 1 rings (SSSR count). The lowest BCUT2D eigenvalue weighted by Crippen LogP contribution is -2.21. The molecule has 0 atom stereocenters. The van der Waals surface area contributed by atoms with Crippen LogP contribution in [0.5, 0.6) is 0 Å². The Balaban J connectivity index is 3.25. The van der Waals surface area contributed by atoms with Gasteiger partial charge >= 0.3 is 0 Å². The molecule has 11 heavy (non-hydrogen) atoms. The molecule has 0 fully saturated rings. The van der Waals surface area contributed by atoms with Gasteiger partial charge in [-0.05, 0) is 22.3 Å². The summed E-state index contributed by atoms with van der Waals surface area (Å²) in [4.78, 5) is 0.556. The van der Waals surface area contributed by atoms with Gasteiger partial charge in [-0.15, -0.1) is 0 Å². The Morgan fingerprint density at radius 1 is 1.36 bits per heavy atom. The van der Waals surface area contributed by atoms with Crippen LogP contribution in [0.4, 0.5) is 5.69 Å². The predicted molar refractivity (Wildman–Crippen MR) is 48.8 cm³/mol. The van der Waals surface area contributed by atoms with Gasteiger partial charge in [0.1, 0.15) is 0 Å². The van der Waals surface area contributed by atoms with Gasteiger partial charge in [-0.25, -0.2) is 0 Å². The summed E-state index contributed by atoms with van der Waals surface area (Å²) in [5.41, 5.74) is 6.06. The van der Waals surface area contributed by atoms with E-state index in [9.17, 15) is 4.21 Å². The molecular weight excluding hydrogens is 160 g/mol. The minimum Gasteiger partial charge on any atom is -0.398 e. The highest BCUT2D eigenvalue weighted by atomic mass is 32.3. The lowest BCUT2D eigenvalue weighted by atomic mass is 10.3. The van der Waals surface area contributed by atoms with Crippen molar-refractivity contribution in [2.24, 2.45) is 5.14 Å². The highest BCUT2D eigenvalue weighted by Gasteiger charge is 2.07. The largest absolute Gasteiger partial charge is 0.398 e. The van der Waals surface area contributed by atoms with Gasteiger partial charge in [0.25, 0.3) is 0 Å². The summed E-state index contributed by atoms with van der Waals surface area (Å²) in [6, 6.07) is 6.94. The molecule has 0 unspecified atom stereocenters. The number of hydrogen-bond donors (Lipinski definition) is 3. The second-order valence-corrected chi connectivity index (χ2v) is 5.01. The summed E-state index contributed by atoms with van der Waals surface area (Å²) in [6.45, 7) is 0. The predicted octanol–water partition coefficient (Wildman–Crippen LogP) is 0.148. The molecule has 62 valence electrons. The van der Waals surface area contributed by atoms with Gasteiger partial charge in [-0.1, -0.05) is 12.1 Å². The Hall–Kier alpha value is -0.870. The average molecular weight is 172 g/mol. The van der Waals surface area contributed by atoms with Crippen LogP contribution in [-0.2, 0) is 10.1 Å². The summed E-state index contributed by atoms with van der Waals surface area (Å²) < 4.78 is 11.3. The summed E-state index contributed by atoms with van der Waals surface area (Å²) >= 11 is 0. The molecule has 0 aromatic heterocycles. The molecule has 0 amide bonds. The van der Waals surface area contributed by atoms with Crippen LogP contribution < -0.4 is 10.9 Å². The average Bonchev–Trinajstić information content (AvgIpc) is 1.86. The third kappa shape index (κ3) is 1.78. The van der Waals surface area contributed by atoms with Crippen molar-refractivity contribution in [1.29, 1.82) is 0 Å². The van der Waals surface area contributed by atoms with Crippen molar-refractivity contribution in [1.82, 2.24) is 0 Å². The molecule has 1 aromatic rings. The monoisotopic (exact) mass is 172 g/mol. The number of benzene rings is 1. The molecule has 0 aliphatic heterocycles.